The van der Waals surface area contributed by atoms with Gasteiger partial charge in [-0.15, -0.1) is 5.10 Å². The summed E-state index contributed by atoms with van der Waals surface area (Å²) in [5.41, 5.74) is 3.56. The van der Waals surface area contributed by atoms with Gasteiger partial charge < -0.3 is 9.88 Å². The van der Waals surface area contributed by atoms with E-state index in [1.807, 2.05) is 36.9 Å². The molecule has 0 saturated carbocycles. The van der Waals surface area contributed by atoms with Crippen molar-refractivity contribution in [1.29, 1.82) is 0 Å². The van der Waals surface area contributed by atoms with Crippen molar-refractivity contribution in [3.8, 4) is 0 Å². The zero-order chi connectivity index (χ0) is 20.4. The first-order chi connectivity index (χ1) is 14.0. The van der Waals surface area contributed by atoms with Crippen molar-refractivity contribution in [2.24, 2.45) is 7.05 Å². The van der Waals surface area contributed by atoms with E-state index in [1.54, 1.807) is 35.3 Å². The summed E-state index contributed by atoms with van der Waals surface area (Å²) in [5, 5.41) is 14.9. The SMILES string of the molecule is C[C@H](Cc1cn(C)c2ccc(F)cc12)NC(=O)c1ccc(Cn2cnnn2)cc1. The van der Waals surface area contributed by atoms with Crippen molar-refractivity contribution in [2.75, 3.05) is 0 Å². The van der Waals surface area contributed by atoms with Crippen LogP contribution in [0.4, 0.5) is 4.39 Å². The van der Waals surface area contributed by atoms with Gasteiger partial charge in [0.25, 0.3) is 5.91 Å². The summed E-state index contributed by atoms with van der Waals surface area (Å²) in [6, 6.07) is 12.0. The minimum absolute atomic E-state index is 0.0998. The predicted molar refractivity (Wildman–Crippen MR) is 107 cm³/mol. The van der Waals surface area contributed by atoms with Gasteiger partial charge in [-0.3, -0.25) is 4.79 Å². The molecule has 4 rings (SSSR count). The fraction of sp³-hybridized carbons (Fsp3) is 0.238. The smallest absolute Gasteiger partial charge is 0.251 e. The van der Waals surface area contributed by atoms with Gasteiger partial charge in [-0.05, 0) is 65.2 Å². The fourth-order valence-corrected chi connectivity index (χ4v) is 3.50. The van der Waals surface area contributed by atoms with Crippen molar-refractivity contribution < 1.29 is 9.18 Å². The molecule has 0 spiro atoms. The number of aromatic nitrogens is 5. The van der Waals surface area contributed by atoms with Crippen molar-refractivity contribution in [3.05, 3.63) is 77.5 Å². The maximum Gasteiger partial charge on any atom is 0.251 e. The Morgan fingerprint density at radius 1 is 1.21 bits per heavy atom. The summed E-state index contributed by atoms with van der Waals surface area (Å²) in [5.74, 6) is -0.402. The second kappa shape index (κ2) is 7.83. The summed E-state index contributed by atoms with van der Waals surface area (Å²) in [7, 11) is 1.93. The van der Waals surface area contributed by atoms with Gasteiger partial charge in [-0.1, -0.05) is 12.1 Å². The van der Waals surface area contributed by atoms with Gasteiger partial charge >= 0.3 is 0 Å². The van der Waals surface area contributed by atoms with Crippen LogP contribution in [0.3, 0.4) is 0 Å². The van der Waals surface area contributed by atoms with Crippen LogP contribution in [-0.2, 0) is 20.0 Å². The molecule has 8 heteroatoms. The first-order valence-electron chi connectivity index (χ1n) is 9.33. The molecule has 0 aliphatic carbocycles. The van der Waals surface area contributed by atoms with Gasteiger partial charge in [-0.25, -0.2) is 9.07 Å². The van der Waals surface area contributed by atoms with Gasteiger partial charge in [-0.2, -0.15) is 0 Å². The van der Waals surface area contributed by atoms with Crippen molar-refractivity contribution in [3.63, 3.8) is 0 Å². The van der Waals surface area contributed by atoms with E-state index < -0.39 is 0 Å². The molecular weight excluding hydrogens is 371 g/mol. The second-order valence-electron chi connectivity index (χ2n) is 7.21. The molecule has 0 radical (unpaired) electrons. The molecule has 0 saturated heterocycles. The van der Waals surface area contributed by atoms with Crippen LogP contribution in [0.25, 0.3) is 10.9 Å². The number of nitrogens with one attached hydrogen (secondary N) is 1. The number of hydrogen-bond donors (Lipinski definition) is 1. The molecule has 7 nitrogen and oxygen atoms in total. The van der Waals surface area contributed by atoms with Crippen LogP contribution in [0.5, 0.6) is 0 Å². The van der Waals surface area contributed by atoms with E-state index in [4.69, 9.17) is 0 Å². The maximum absolute atomic E-state index is 13.7. The number of benzene rings is 2. The molecule has 4 aromatic rings. The average Bonchev–Trinajstić information content (AvgIpc) is 3.30. The lowest BCUT2D eigenvalue weighted by atomic mass is 10.1. The van der Waals surface area contributed by atoms with Crippen LogP contribution >= 0.6 is 0 Å². The van der Waals surface area contributed by atoms with E-state index in [9.17, 15) is 9.18 Å². The highest BCUT2D eigenvalue weighted by atomic mass is 19.1. The summed E-state index contributed by atoms with van der Waals surface area (Å²) < 4.78 is 17.2. The summed E-state index contributed by atoms with van der Waals surface area (Å²) in [6.07, 6.45) is 4.14. The highest BCUT2D eigenvalue weighted by molar-refractivity contribution is 5.94. The van der Waals surface area contributed by atoms with Gasteiger partial charge in [0, 0.05) is 35.8 Å². The number of carbonyl (C=O) groups is 1. The topological polar surface area (TPSA) is 77.6 Å². The zero-order valence-electron chi connectivity index (χ0n) is 16.2. The van der Waals surface area contributed by atoms with Crippen LogP contribution in [-0.4, -0.2) is 36.7 Å². The Balaban J connectivity index is 1.41. The number of amides is 1. The molecule has 2 aromatic carbocycles. The molecular formula is C21H21FN6O. The normalized spacial score (nSPS) is 12.2. The van der Waals surface area contributed by atoms with Gasteiger partial charge in [0.15, 0.2) is 0 Å². The first kappa shape index (κ1) is 18.8. The number of fused-ring (bicyclic) bond motifs is 1. The third-order valence-electron chi connectivity index (χ3n) is 4.89. The number of rotatable bonds is 6. The largest absolute Gasteiger partial charge is 0.350 e. The Bertz CT molecular complexity index is 1130. The summed E-state index contributed by atoms with van der Waals surface area (Å²) in [4.78, 5) is 12.6. The number of nitrogens with zero attached hydrogens (tertiary/aromatic N) is 5. The van der Waals surface area contributed by atoms with Crippen LogP contribution < -0.4 is 5.32 Å². The standard InChI is InChI=1S/C21H21FN6O/c1-14(9-17-12-27(2)20-8-7-18(22)10-19(17)20)24-21(29)16-5-3-15(4-6-16)11-28-13-23-25-26-28/h3-8,10,12-14H,9,11H2,1-2H3,(H,24,29)/t14-/m1/s1. The van der Waals surface area contributed by atoms with Gasteiger partial charge in [0.1, 0.15) is 12.1 Å². The van der Waals surface area contributed by atoms with Crippen molar-refractivity contribution >= 4 is 16.8 Å². The molecule has 0 aliphatic heterocycles. The summed E-state index contributed by atoms with van der Waals surface area (Å²) in [6.45, 7) is 2.49. The van der Waals surface area contributed by atoms with Crippen LogP contribution in [0.2, 0.25) is 0 Å². The number of hydrogen-bond acceptors (Lipinski definition) is 4. The third-order valence-corrected chi connectivity index (χ3v) is 4.89. The highest BCUT2D eigenvalue weighted by Crippen LogP contribution is 2.23. The molecule has 2 heterocycles. The Morgan fingerprint density at radius 2 is 2.00 bits per heavy atom. The van der Waals surface area contributed by atoms with Crippen LogP contribution in [0, 0.1) is 5.82 Å². The van der Waals surface area contributed by atoms with E-state index in [1.165, 1.54) is 6.07 Å². The Kier molecular flexibility index (Phi) is 5.07. The average molecular weight is 392 g/mol. The lowest BCUT2D eigenvalue weighted by Crippen LogP contribution is -2.34. The Labute approximate surface area is 167 Å². The minimum Gasteiger partial charge on any atom is -0.350 e. The molecule has 0 aliphatic rings. The van der Waals surface area contributed by atoms with E-state index in [-0.39, 0.29) is 17.8 Å². The highest BCUT2D eigenvalue weighted by Gasteiger charge is 2.14. The van der Waals surface area contributed by atoms with E-state index >= 15 is 0 Å². The molecule has 0 unspecified atom stereocenters. The zero-order valence-corrected chi connectivity index (χ0v) is 16.2. The number of carbonyl (C=O) groups excluding carboxylic acids is 1. The molecule has 2 aromatic heterocycles. The van der Waals surface area contributed by atoms with Gasteiger partial charge in [0.05, 0.1) is 6.54 Å². The lowest BCUT2D eigenvalue weighted by molar-refractivity contribution is 0.0940. The lowest BCUT2D eigenvalue weighted by Gasteiger charge is -2.14. The number of aryl methyl sites for hydroxylation is 1. The molecule has 1 N–H and O–H groups in total. The van der Waals surface area contributed by atoms with Crippen molar-refractivity contribution in [1.82, 2.24) is 30.1 Å². The Hall–Kier alpha value is -3.55. The molecule has 1 amide bonds. The number of halogens is 1. The third kappa shape index (κ3) is 4.16. The Morgan fingerprint density at radius 3 is 2.72 bits per heavy atom. The number of tetrazole rings is 1. The van der Waals surface area contributed by atoms with Crippen LogP contribution in [0.15, 0.2) is 55.0 Å². The first-order valence-corrected chi connectivity index (χ1v) is 9.33. The maximum atomic E-state index is 13.7. The molecule has 148 valence electrons. The molecule has 1 atom stereocenters. The molecule has 0 bridgehead atoms. The second-order valence-corrected chi connectivity index (χ2v) is 7.21. The van der Waals surface area contributed by atoms with E-state index in [0.717, 1.165) is 22.0 Å². The predicted octanol–water partition coefficient (Wildman–Crippen LogP) is 2.71. The van der Waals surface area contributed by atoms with E-state index in [0.29, 0.717) is 18.5 Å². The fourth-order valence-electron chi connectivity index (χ4n) is 3.50. The van der Waals surface area contributed by atoms with E-state index in [2.05, 4.69) is 20.8 Å². The van der Waals surface area contributed by atoms with Crippen molar-refractivity contribution in [2.45, 2.75) is 25.9 Å². The quantitative estimate of drug-likeness (QED) is 0.547. The minimum atomic E-state index is -0.261. The molecule has 0 fully saturated rings. The monoisotopic (exact) mass is 392 g/mol. The van der Waals surface area contributed by atoms with Gasteiger partial charge in [0.2, 0.25) is 0 Å². The molecule has 29 heavy (non-hydrogen) atoms. The van der Waals surface area contributed by atoms with Crippen LogP contribution in [0.1, 0.15) is 28.4 Å². The summed E-state index contributed by atoms with van der Waals surface area (Å²) >= 11 is 0.